The Morgan fingerprint density at radius 1 is 1.11 bits per heavy atom. The van der Waals surface area contributed by atoms with Crippen molar-refractivity contribution in [2.75, 3.05) is 34.3 Å². The molecule has 1 aliphatic heterocycles. The highest BCUT2D eigenvalue weighted by molar-refractivity contribution is 6.46. The zero-order valence-electron chi connectivity index (χ0n) is 21.2. The third kappa shape index (κ3) is 5.59. The van der Waals surface area contributed by atoms with Gasteiger partial charge in [-0.05, 0) is 89.3 Å². The van der Waals surface area contributed by atoms with Crippen LogP contribution in [0.5, 0.6) is 17.2 Å². The zero-order valence-corrected chi connectivity index (χ0v) is 21.2. The molecule has 8 nitrogen and oxygen atoms in total. The molecule has 1 amide bonds. The Hall–Kier alpha value is -3.52. The van der Waals surface area contributed by atoms with E-state index in [4.69, 9.17) is 9.47 Å². The van der Waals surface area contributed by atoms with E-state index in [1.807, 2.05) is 39.8 Å². The zero-order chi connectivity index (χ0) is 25.9. The van der Waals surface area contributed by atoms with Crippen LogP contribution in [0.15, 0.2) is 42.0 Å². The molecule has 0 saturated carbocycles. The number of likely N-dealkylation sites (tertiary alicyclic amines) is 1. The number of hydrogen-bond acceptors (Lipinski definition) is 7. The van der Waals surface area contributed by atoms with Crippen molar-refractivity contribution < 1.29 is 29.3 Å². The molecule has 1 fully saturated rings. The van der Waals surface area contributed by atoms with Gasteiger partial charge < -0.3 is 29.5 Å². The first kappa shape index (κ1) is 26.1. The molecular weight excluding hydrogens is 448 g/mol. The number of hydrogen-bond donors (Lipinski definition) is 2. The average Bonchev–Trinajstić information content (AvgIpc) is 3.05. The van der Waals surface area contributed by atoms with E-state index in [2.05, 4.69) is 0 Å². The Kier molecular flexibility index (Phi) is 8.07. The third-order valence-electron chi connectivity index (χ3n) is 5.87. The quantitative estimate of drug-likeness (QED) is 0.318. The molecule has 1 aliphatic rings. The van der Waals surface area contributed by atoms with Gasteiger partial charge in [0, 0.05) is 12.1 Å². The number of phenolic OH excluding ortho intramolecular Hbond substituents is 1. The van der Waals surface area contributed by atoms with Gasteiger partial charge in [0.25, 0.3) is 11.7 Å². The van der Waals surface area contributed by atoms with Gasteiger partial charge >= 0.3 is 0 Å². The average molecular weight is 483 g/mol. The Bertz CT molecular complexity index is 1140. The van der Waals surface area contributed by atoms with Crippen molar-refractivity contribution in [3.63, 3.8) is 0 Å². The minimum absolute atomic E-state index is 0.00419. The van der Waals surface area contributed by atoms with Crippen LogP contribution >= 0.6 is 0 Å². The topological polar surface area (TPSA) is 99.5 Å². The van der Waals surface area contributed by atoms with Crippen molar-refractivity contribution in [3.05, 3.63) is 58.7 Å². The SMILES string of the molecule is COc1cc(C2C(=C(O)c3ccc(OC(C)C)c(C)c3)C(=O)C(=O)N2CCCN(C)C)ccc1O. The number of Topliss-reactive ketones (excluding diaryl/α,β-unsaturated/α-hetero) is 1. The lowest BCUT2D eigenvalue weighted by Crippen LogP contribution is -2.32. The summed E-state index contributed by atoms with van der Waals surface area (Å²) >= 11 is 0. The van der Waals surface area contributed by atoms with Crippen LogP contribution < -0.4 is 9.47 Å². The molecule has 0 bridgehead atoms. The standard InChI is InChI=1S/C27H34N2O6/c1-16(2)35-21-11-9-19(14-17(21)3)25(31)23-24(18-8-10-20(30)22(15-18)34-6)29(27(33)26(23)32)13-7-12-28(4)5/h8-11,14-16,24,30-31H,7,12-13H2,1-6H3. The summed E-state index contributed by atoms with van der Waals surface area (Å²) in [5.41, 5.74) is 1.78. The van der Waals surface area contributed by atoms with E-state index >= 15 is 0 Å². The molecule has 0 aliphatic carbocycles. The minimum atomic E-state index is -0.821. The summed E-state index contributed by atoms with van der Waals surface area (Å²) in [5, 5.41) is 21.4. The number of rotatable bonds is 9. The van der Waals surface area contributed by atoms with Crippen LogP contribution in [0.4, 0.5) is 0 Å². The molecule has 2 aromatic rings. The fourth-order valence-corrected chi connectivity index (χ4v) is 4.22. The van der Waals surface area contributed by atoms with Crippen LogP contribution in [-0.4, -0.2) is 72.1 Å². The van der Waals surface area contributed by atoms with Gasteiger partial charge in [-0.1, -0.05) is 6.07 Å². The molecule has 1 atom stereocenters. The lowest BCUT2D eigenvalue weighted by Gasteiger charge is -2.26. The Balaban J connectivity index is 2.12. The fraction of sp³-hybridized carbons (Fsp3) is 0.407. The van der Waals surface area contributed by atoms with E-state index in [0.29, 0.717) is 29.8 Å². The van der Waals surface area contributed by atoms with Crippen molar-refractivity contribution in [1.82, 2.24) is 9.80 Å². The first-order valence-corrected chi connectivity index (χ1v) is 11.6. The van der Waals surface area contributed by atoms with Gasteiger partial charge in [-0.15, -0.1) is 0 Å². The normalized spacial score (nSPS) is 17.5. The number of aryl methyl sites for hydroxylation is 1. The number of ketones is 1. The maximum Gasteiger partial charge on any atom is 0.295 e. The van der Waals surface area contributed by atoms with E-state index in [1.54, 1.807) is 30.3 Å². The largest absolute Gasteiger partial charge is 0.507 e. The highest BCUT2D eigenvalue weighted by Crippen LogP contribution is 2.42. The molecular formula is C27H34N2O6. The second kappa shape index (κ2) is 10.8. The highest BCUT2D eigenvalue weighted by Gasteiger charge is 2.46. The first-order chi connectivity index (χ1) is 16.5. The molecule has 2 aromatic carbocycles. The molecule has 0 spiro atoms. The van der Waals surface area contributed by atoms with Gasteiger partial charge in [0.2, 0.25) is 0 Å². The maximum absolute atomic E-state index is 13.2. The van der Waals surface area contributed by atoms with Gasteiger partial charge in [-0.3, -0.25) is 9.59 Å². The summed E-state index contributed by atoms with van der Waals surface area (Å²) in [5.74, 6) is -0.830. The van der Waals surface area contributed by atoms with Crippen LogP contribution in [0.25, 0.3) is 5.76 Å². The lowest BCUT2D eigenvalue weighted by molar-refractivity contribution is -0.139. The summed E-state index contributed by atoms with van der Waals surface area (Å²) in [7, 11) is 5.30. The van der Waals surface area contributed by atoms with E-state index in [9.17, 15) is 19.8 Å². The summed E-state index contributed by atoms with van der Waals surface area (Å²) in [6, 6.07) is 9.01. The number of benzene rings is 2. The molecule has 1 saturated heterocycles. The van der Waals surface area contributed by atoms with E-state index < -0.39 is 17.7 Å². The van der Waals surface area contributed by atoms with Gasteiger partial charge in [0.15, 0.2) is 11.5 Å². The van der Waals surface area contributed by atoms with Gasteiger partial charge in [-0.2, -0.15) is 0 Å². The summed E-state index contributed by atoms with van der Waals surface area (Å²) in [6.07, 6.45) is 0.636. The Labute approximate surface area is 206 Å². The number of amides is 1. The maximum atomic E-state index is 13.2. The van der Waals surface area contributed by atoms with Gasteiger partial charge in [0.1, 0.15) is 11.5 Å². The molecule has 1 unspecified atom stereocenters. The fourth-order valence-electron chi connectivity index (χ4n) is 4.22. The van der Waals surface area contributed by atoms with Crippen molar-refractivity contribution in [2.45, 2.75) is 39.3 Å². The van der Waals surface area contributed by atoms with Crippen LogP contribution in [0.2, 0.25) is 0 Å². The number of carbonyl (C=O) groups excluding carboxylic acids is 2. The molecule has 1 heterocycles. The van der Waals surface area contributed by atoms with Crippen LogP contribution in [0.1, 0.15) is 43.0 Å². The van der Waals surface area contributed by atoms with E-state index in [1.165, 1.54) is 18.1 Å². The number of phenols is 1. The van der Waals surface area contributed by atoms with Crippen LogP contribution in [-0.2, 0) is 9.59 Å². The molecule has 188 valence electrons. The number of carbonyl (C=O) groups is 2. The first-order valence-electron chi connectivity index (χ1n) is 11.6. The number of methoxy groups -OCH3 is 1. The number of nitrogens with zero attached hydrogens (tertiary/aromatic N) is 2. The molecule has 3 rings (SSSR count). The Morgan fingerprint density at radius 3 is 2.43 bits per heavy atom. The number of ether oxygens (including phenoxy) is 2. The van der Waals surface area contributed by atoms with Crippen LogP contribution in [0, 0.1) is 6.92 Å². The number of aliphatic hydroxyl groups excluding tert-OH is 1. The van der Waals surface area contributed by atoms with Crippen molar-refractivity contribution >= 4 is 17.4 Å². The highest BCUT2D eigenvalue weighted by atomic mass is 16.5. The van der Waals surface area contributed by atoms with Crippen molar-refractivity contribution in [2.24, 2.45) is 0 Å². The van der Waals surface area contributed by atoms with Gasteiger partial charge in [-0.25, -0.2) is 0 Å². The summed E-state index contributed by atoms with van der Waals surface area (Å²) in [6.45, 7) is 6.77. The van der Waals surface area contributed by atoms with Crippen molar-refractivity contribution in [3.8, 4) is 17.2 Å². The van der Waals surface area contributed by atoms with Crippen LogP contribution in [0.3, 0.4) is 0 Å². The minimum Gasteiger partial charge on any atom is -0.507 e. The van der Waals surface area contributed by atoms with Crippen molar-refractivity contribution in [1.29, 1.82) is 0 Å². The Morgan fingerprint density at radius 2 is 1.83 bits per heavy atom. The molecule has 0 radical (unpaired) electrons. The molecule has 2 N–H and O–H groups in total. The molecule has 0 aromatic heterocycles. The van der Waals surface area contributed by atoms with E-state index in [-0.39, 0.29) is 28.9 Å². The van der Waals surface area contributed by atoms with E-state index in [0.717, 1.165) is 12.1 Å². The number of aromatic hydroxyl groups is 1. The summed E-state index contributed by atoms with van der Waals surface area (Å²) < 4.78 is 11.0. The summed E-state index contributed by atoms with van der Waals surface area (Å²) in [4.78, 5) is 29.8. The van der Waals surface area contributed by atoms with Gasteiger partial charge in [0.05, 0.1) is 24.8 Å². The second-order valence-electron chi connectivity index (χ2n) is 9.23. The number of aliphatic hydroxyl groups is 1. The smallest absolute Gasteiger partial charge is 0.295 e. The predicted molar refractivity (Wildman–Crippen MR) is 134 cm³/mol. The molecule has 35 heavy (non-hydrogen) atoms. The lowest BCUT2D eigenvalue weighted by atomic mass is 9.94. The second-order valence-corrected chi connectivity index (χ2v) is 9.23. The predicted octanol–water partition coefficient (Wildman–Crippen LogP) is 3.87. The molecule has 8 heteroatoms. The third-order valence-corrected chi connectivity index (χ3v) is 5.87. The monoisotopic (exact) mass is 482 g/mol.